The smallest absolute Gasteiger partial charge is 0.263 e. The van der Waals surface area contributed by atoms with Crippen LogP contribution in [0.25, 0.3) is 11.5 Å². The minimum Gasteiger partial charge on any atom is -0.350 e. The van der Waals surface area contributed by atoms with E-state index in [0.29, 0.717) is 5.89 Å². The molecule has 0 aliphatic rings. The molecule has 0 spiro atoms. The summed E-state index contributed by atoms with van der Waals surface area (Å²) in [6.07, 6.45) is 1.21. The fourth-order valence-corrected chi connectivity index (χ4v) is 1.75. The van der Waals surface area contributed by atoms with Gasteiger partial charge in [0, 0.05) is 18.4 Å². The Labute approximate surface area is 118 Å². The van der Waals surface area contributed by atoms with E-state index in [0.717, 1.165) is 5.56 Å². The lowest BCUT2D eigenvalue weighted by atomic mass is 10.2. The van der Waals surface area contributed by atoms with E-state index in [-0.39, 0.29) is 12.5 Å². The fraction of sp³-hybridized carbons (Fsp3) is 0.385. The van der Waals surface area contributed by atoms with Crippen LogP contribution in [0.5, 0.6) is 0 Å². The van der Waals surface area contributed by atoms with Crippen LogP contribution in [0.4, 0.5) is 5.95 Å². The van der Waals surface area contributed by atoms with Crippen molar-refractivity contribution in [2.45, 2.75) is 18.6 Å². The average Bonchev–Trinajstić information content (AvgIpc) is 2.85. The Hall–Kier alpha value is -1.89. The van der Waals surface area contributed by atoms with Crippen LogP contribution in [0.1, 0.15) is 13.8 Å². The van der Waals surface area contributed by atoms with E-state index in [1.54, 1.807) is 13.8 Å². The number of rotatable bonds is 5. The van der Waals surface area contributed by atoms with Crippen molar-refractivity contribution in [1.29, 1.82) is 0 Å². The van der Waals surface area contributed by atoms with Gasteiger partial charge in [-0.05, 0) is 31.1 Å². The molecule has 2 rings (SSSR count). The van der Waals surface area contributed by atoms with Gasteiger partial charge in [0.15, 0.2) is 9.84 Å². The molecule has 108 valence electrons. The molecule has 0 amide bonds. The summed E-state index contributed by atoms with van der Waals surface area (Å²) in [5.74, 6) is 0.672. The molecule has 0 saturated heterocycles. The van der Waals surface area contributed by atoms with Crippen molar-refractivity contribution in [2.24, 2.45) is 0 Å². The number of hydrogen-bond donors (Lipinski definition) is 1. The van der Waals surface area contributed by atoms with Gasteiger partial charge in [-0.25, -0.2) is 8.42 Å². The topological polar surface area (TPSA) is 85.1 Å². The van der Waals surface area contributed by atoms with Crippen LogP contribution in [0.2, 0.25) is 0 Å². The van der Waals surface area contributed by atoms with E-state index in [1.165, 1.54) is 6.26 Å². The van der Waals surface area contributed by atoms with E-state index in [2.05, 4.69) is 15.5 Å². The summed E-state index contributed by atoms with van der Waals surface area (Å²) in [5.41, 5.74) is 0.815. The Morgan fingerprint density at radius 3 is 2.50 bits per heavy atom. The average molecular weight is 295 g/mol. The highest BCUT2D eigenvalue weighted by atomic mass is 32.2. The molecule has 0 fully saturated rings. The molecule has 2 aromatic rings. The molecular weight excluding hydrogens is 278 g/mol. The largest absolute Gasteiger partial charge is 0.350 e. The molecule has 7 heteroatoms. The van der Waals surface area contributed by atoms with Crippen molar-refractivity contribution >= 4 is 15.8 Å². The second kappa shape index (κ2) is 5.24. The van der Waals surface area contributed by atoms with E-state index < -0.39 is 14.6 Å². The van der Waals surface area contributed by atoms with Crippen LogP contribution in [-0.4, -0.2) is 36.1 Å². The third-order valence-electron chi connectivity index (χ3n) is 3.12. The van der Waals surface area contributed by atoms with Crippen molar-refractivity contribution in [1.82, 2.24) is 10.1 Å². The van der Waals surface area contributed by atoms with Crippen molar-refractivity contribution in [3.8, 4) is 11.5 Å². The highest BCUT2D eigenvalue weighted by molar-refractivity contribution is 7.92. The van der Waals surface area contributed by atoms with E-state index in [4.69, 9.17) is 4.52 Å². The summed E-state index contributed by atoms with van der Waals surface area (Å²) < 4.78 is 27.4. The summed E-state index contributed by atoms with van der Waals surface area (Å²) >= 11 is 0. The zero-order valence-corrected chi connectivity index (χ0v) is 12.4. The highest BCUT2D eigenvalue weighted by Crippen LogP contribution is 2.19. The predicted octanol–water partition coefficient (Wildman–Crippen LogP) is 1.97. The standard InChI is InChI=1S/C13H17N3O3S/c1-13(2,20(3,17)18)9-14-12-15-11(19-16-12)10-7-5-4-6-8-10/h4-8H,9H2,1-3H3,(H,14,16). The number of sulfone groups is 1. The SMILES string of the molecule is CC(C)(CNc1noc(-c2ccccc2)n1)S(C)(=O)=O. The summed E-state index contributed by atoms with van der Waals surface area (Å²) in [6, 6.07) is 9.36. The minimum atomic E-state index is -3.17. The maximum Gasteiger partial charge on any atom is 0.263 e. The monoisotopic (exact) mass is 295 g/mol. The van der Waals surface area contributed by atoms with Gasteiger partial charge in [0.25, 0.3) is 11.8 Å². The Bertz CT molecular complexity index is 678. The maximum absolute atomic E-state index is 11.6. The molecule has 1 heterocycles. The number of hydrogen-bond acceptors (Lipinski definition) is 6. The van der Waals surface area contributed by atoms with Gasteiger partial charge < -0.3 is 9.84 Å². The van der Waals surface area contributed by atoms with Gasteiger partial charge in [0.2, 0.25) is 0 Å². The van der Waals surface area contributed by atoms with Gasteiger partial charge in [0.05, 0.1) is 4.75 Å². The lowest BCUT2D eigenvalue weighted by molar-refractivity contribution is 0.432. The van der Waals surface area contributed by atoms with Gasteiger partial charge >= 0.3 is 0 Å². The number of benzene rings is 1. The third-order valence-corrected chi connectivity index (χ3v) is 5.27. The first-order valence-corrected chi connectivity index (χ1v) is 8.01. The first-order valence-electron chi connectivity index (χ1n) is 6.12. The molecule has 0 aliphatic heterocycles. The molecule has 0 radical (unpaired) electrons. The number of nitrogens with zero attached hydrogens (tertiary/aromatic N) is 2. The summed E-state index contributed by atoms with van der Waals surface area (Å²) in [6.45, 7) is 3.50. The molecular formula is C13H17N3O3S. The molecule has 1 N–H and O–H groups in total. The Balaban J connectivity index is 2.08. The fourth-order valence-electron chi connectivity index (χ4n) is 1.42. The molecule has 0 aliphatic carbocycles. The van der Waals surface area contributed by atoms with Crippen LogP contribution >= 0.6 is 0 Å². The third kappa shape index (κ3) is 3.16. The molecule has 0 bridgehead atoms. The molecule has 20 heavy (non-hydrogen) atoms. The summed E-state index contributed by atoms with van der Waals surface area (Å²) in [4.78, 5) is 4.18. The van der Waals surface area contributed by atoms with E-state index in [9.17, 15) is 8.42 Å². The minimum absolute atomic E-state index is 0.208. The zero-order chi connectivity index (χ0) is 14.8. The predicted molar refractivity (Wildman–Crippen MR) is 77.1 cm³/mol. The van der Waals surface area contributed by atoms with Crippen molar-refractivity contribution in [3.05, 3.63) is 30.3 Å². The molecule has 0 atom stereocenters. The number of aromatic nitrogens is 2. The lowest BCUT2D eigenvalue weighted by Crippen LogP contribution is -2.38. The van der Waals surface area contributed by atoms with Crippen LogP contribution < -0.4 is 5.32 Å². The quantitative estimate of drug-likeness (QED) is 0.907. The molecule has 0 saturated carbocycles. The van der Waals surface area contributed by atoms with Gasteiger partial charge in [-0.15, -0.1) is 0 Å². The Morgan fingerprint density at radius 2 is 1.90 bits per heavy atom. The van der Waals surface area contributed by atoms with Gasteiger partial charge in [-0.3, -0.25) is 0 Å². The summed E-state index contributed by atoms with van der Waals surface area (Å²) in [7, 11) is -3.17. The molecule has 0 unspecified atom stereocenters. The second-order valence-corrected chi connectivity index (χ2v) is 7.82. The Kier molecular flexibility index (Phi) is 3.80. The zero-order valence-electron chi connectivity index (χ0n) is 11.6. The number of nitrogens with one attached hydrogen (secondary N) is 1. The van der Waals surface area contributed by atoms with Gasteiger partial charge in [-0.2, -0.15) is 4.98 Å². The van der Waals surface area contributed by atoms with Crippen LogP contribution in [0, 0.1) is 0 Å². The van der Waals surface area contributed by atoms with Gasteiger partial charge in [0.1, 0.15) is 0 Å². The lowest BCUT2D eigenvalue weighted by Gasteiger charge is -2.21. The van der Waals surface area contributed by atoms with Crippen LogP contribution in [-0.2, 0) is 9.84 Å². The normalized spacial score (nSPS) is 12.3. The molecule has 6 nitrogen and oxygen atoms in total. The van der Waals surface area contributed by atoms with Crippen molar-refractivity contribution < 1.29 is 12.9 Å². The van der Waals surface area contributed by atoms with Crippen LogP contribution in [0.15, 0.2) is 34.9 Å². The highest BCUT2D eigenvalue weighted by Gasteiger charge is 2.30. The molecule has 1 aromatic carbocycles. The van der Waals surface area contributed by atoms with E-state index in [1.807, 2.05) is 30.3 Å². The van der Waals surface area contributed by atoms with Crippen molar-refractivity contribution in [3.63, 3.8) is 0 Å². The number of anilines is 1. The Morgan fingerprint density at radius 1 is 1.25 bits per heavy atom. The first-order chi connectivity index (χ1) is 9.29. The first kappa shape index (κ1) is 14.5. The summed E-state index contributed by atoms with van der Waals surface area (Å²) in [5, 5.41) is 6.67. The maximum atomic E-state index is 11.6. The van der Waals surface area contributed by atoms with Crippen molar-refractivity contribution in [2.75, 3.05) is 18.1 Å². The molecule has 1 aromatic heterocycles. The van der Waals surface area contributed by atoms with E-state index >= 15 is 0 Å². The van der Waals surface area contributed by atoms with Crippen LogP contribution in [0.3, 0.4) is 0 Å². The van der Waals surface area contributed by atoms with Gasteiger partial charge in [-0.1, -0.05) is 18.2 Å². The second-order valence-electron chi connectivity index (χ2n) is 5.17.